The largest absolute Gasteiger partial charge is 0.357 e. The lowest BCUT2D eigenvalue weighted by Crippen LogP contribution is -2.43. The van der Waals surface area contributed by atoms with Gasteiger partial charge in [0.1, 0.15) is 6.29 Å². The van der Waals surface area contributed by atoms with E-state index in [9.17, 15) is 4.79 Å². The molecular weight excluding hydrogens is 236 g/mol. The molecule has 2 unspecified atom stereocenters. The van der Waals surface area contributed by atoms with Gasteiger partial charge in [-0.05, 0) is 37.4 Å². The van der Waals surface area contributed by atoms with E-state index in [-0.39, 0.29) is 12.0 Å². The lowest BCUT2D eigenvalue weighted by Gasteiger charge is -2.42. The molecule has 0 radical (unpaired) electrons. The third kappa shape index (κ3) is 1.58. The van der Waals surface area contributed by atoms with E-state index < -0.39 is 0 Å². The zero-order valence-electron chi connectivity index (χ0n) is 10.9. The van der Waals surface area contributed by atoms with Gasteiger partial charge in [-0.1, -0.05) is 18.2 Å². The average Bonchev–Trinajstić information content (AvgIpc) is 2.85. The van der Waals surface area contributed by atoms with E-state index in [1.807, 2.05) is 0 Å². The van der Waals surface area contributed by atoms with Crippen molar-refractivity contribution in [1.29, 1.82) is 0 Å². The fourth-order valence-electron chi connectivity index (χ4n) is 3.89. The molecule has 4 rings (SSSR count). The van der Waals surface area contributed by atoms with E-state index in [1.165, 1.54) is 22.2 Å². The van der Waals surface area contributed by atoms with Crippen molar-refractivity contribution in [1.82, 2.24) is 9.88 Å². The second-order valence-corrected chi connectivity index (χ2v) is 5.74. The summed E-state index contributed by atoms with van der Waals surface area (Å²) in [6.07, 6.45) is 4.44. The maximum absolute atomic E-state index is 11.4. The summed E-state index contributed by atoms with van der Waals surface area (Å²) < 4.78 is 0. The number of aromatic amines is 1. The second-order valence-electron chi connectivity index (χ2n) is 5.74. The summed E-state index contributed by atoms with van der Waals surface area (Å²) in [6, 6.07) is 8.78. The SMILES string of the molecule is O=CC1CCCN2CCc3c([nH]c4ccccc34)C12. The first-order valence-electron chi connectivity index (χ1n) is 7.17. The quantitative estimate of drug-likeness (QED) is 0.794. The van der Waals surface area contributed by atoms with Crippen molar-refractivity contribution in [2.24, 2.45) is 5.92 Å². The van der Waals surface area contributed by atoms with Crippen LogP contribution >= 0.6 is 0 Å². The van der Waals surface area contributed by atoms with Gasteiger partial charge >= 0.3 is 0 Å². The molecule has 3 nitrogen and oxygen atoms in total. The number of nitrogens with one attached hydrogen (secondary N) is 1. The number of carbonyl (C=O) groups is 1. The summed E-state index contributed by atoms with van der Waals surface area (Å²) in [5, 5.41) is 1.34. The monoisotopic (exact) mass is 254 g/mol. The average molecular weight is 254 g/mol. The number of aromatic nitrogens is 1. The predicted molar refractivity (Wildman–Crippen MR) is 75.1 cm³/mol. The molecule has 1 aromatic carbocycles. The van der Waals surface area contributed by atoms with Crippen LogP contribution in [0, 0.1) is 5.92 Å². The van der Waals surface area contributed by atoms with Crippen molar-refractivity contribution in [3.05, 3.63) is 35.5 Å². The second kappa shape index (κ2) is 4.20. The third-order valence-corrected chi connectivity index (χ3v) is 4.75. The summed E-state index contributed by atoms with van der Waals surface area (Å²) in [5.74, 6) is 0.154. The lowest BCUT2D eigenvalue weighted by atomic mass is 9.83. The van der Waals surface area contributed by atoms with Gasteiger partial charge < -0.3 is 9.78 Å². The van der Waals surface area contributed by atoms with Gasteiger partial charge in [-0.25, -0.2) is 0 Å². The Hall–Kier alpha value is -1.61. The molecule has 1 N–H and O–H groups in total. The van der Waals surface area contributed by atoms with E-state index in [0.717, 1.165) is 38.6 Å². The van der Waals surface area contributed by atoms with Crippen LogP contribution < -0.4 is 0 Å². The Bertz CT molecular complexity index is 631. The smallest absolute Gasteiger partial charge is 0.125 e. The lowest BCUT2D eigenvalue weighted by molar-refractivity contribution is -0.115. The first kappa shape index (κ1) is 11.2. The van der Waals surface area contributed by atoms with Gasteiger partial charge in [-0.2, -0.15) is 0 Å². The van der Waals surface area contributed by atoms with Gasteiger partial charge in [0.15, 0.2) is 0 Å². The van der Waals surface area contributed by atoms with Crippen molar-refractivity contribution < 1.29 is 4.79 Å². The van der Waals surface area contributed by atoms with E-state index in [0.29, 0.717) is 0 Å². The van der Waals surface area contributed by atoms with Crippen molar-refractivity contribution in [2.45, 2.75) is 25.3 Å². The van der Waals surface area contributed by atoms with Crippen molar-refractivity contribution in [3.8, 4) is 0 Å². The number of hydrogen-bond donors (Lipinski definition) is 1. The minimum Gasteiger partial charge on any atom is -0.357 e. The number of hydrogen-bond acceptors (Lipinski definition) is 2. The maximum atomic E-state index is 11.4. The predicted octanol–water partition coefficient (Wildman–Crippen LogP) is 2.68. The molecule has 2 aromatic rings. The number of carbonyl (C=O) groups excluding carboxylic acids is 1. The topological polar surface area (TPSA) is 36.1 Å². The highest BCUT2D eigenvalue weighted by molar-refractivity contribution is 5.85. The number of H-pyrrole nitrogens is 1. The molecule has 0 spiro atoms. The van der Waals surface area contributed by atoms with Crippen LogP contribution in [-0.2, 0) is 11.2 Å². The van der Waals surface area contributed by atoms with Gasteiger partial charge in [0.2, 0.25) is 0 Å². The van der Waals surface area contributed by atoms with Crippen LogP contribution in [0.2, 0.25) is 0 Å². The zero-order valence-corrected chi connectivity index (χ0v) is 10.9. The molecule has 2 aliphatic heterocycles. The fraction of sp³-hybridized carbons (Fsp3) is 0.438. The van der Waals surface area contributed by atoms with Crippen molar-refractivity contribution >= 4 is 17.2 Å². The zero-order chi connectivity index (χ0) is 12.8. The van der Waals surface area contributed by atoms with Crippen molar-refractivity contribution in [3.63, 3.8) is 0 Å². The minimum atomic E-state index is 0.154. The molecule has 1 saturated heterocycles. The van der Waals surface area contributed by atoms with Crippen LogP contribution in [-0.4, -0.2) is 29.3 Å². The van der Waals surface area contributed by atoms with Gasteiger partial charge in [0, 0.05) is 29.1 Å². The van der Waals surface area contributed by atoms with E-state index in [1.54, 1.807) is 0 Å². The fourth-order valence-corrected chi connectivity index (χ4v) is 3.89. The molecule has 98 valence electrons. The van der Waals surface area contributed by atoms with Crippen LogP contribution in [0.1, 0.15) is 30.1 Å². The number of rotatable bonds is 1. The molecule has 0 amide bonds. The first-order chi connectivity index (χ1) is 9.38. The Morgan fingerprint density at radius 3 is 3.05 bits per heavy atom. The Labute approximate surface area is 112 Å². The number of aldehydes is 1. The summed E-state index contributed by atoms with van der Waals surface area (Å²) in [5.41, 5.74) is 3.94. The Morgan fingerprint density at radius 2 is 2.16 bits per heavy atom. The first-order valence-corrected chi connectivity index (χ1v) is 7.17. The highest BCUT2D eigenvalue weighted by Crippen LogP contribution is 2.41. The molecule has 0 saturated carbocycles. The molecule has 1 aromatic heterocycles. The van der Waals surface area contributed by atoms with Gasteiger partial charge in [0.25, 0.3) is 0 Å². The molecule has 0 bridgehead atoms. The van der Waals surface area contributed by atoms with Gasteiger partial charge in [0.05, 0.1) is 6.04 Å². The molecule has 2 atom stereocenters. The van der Waals surface area contributed by atoms with E-state index >= 15 is 0 Å². The summed E-state index contributed by atoms with van der Waals surface area (Å²) >= 11 is 0. The van der Waals surface area contributed by atoms with Crippen LogP contribution in [0.15, 0.2) is 24.3 Å². The Balaban J connectivity index is 1.90. The highest BCUT2D eigenvalue weighted by Gasteiger charge is 2.37. The maximum Gasteiger partial charge on any atom is 0.125 e. The number of fused-ring (bicyclic) bond motifs is 5. The summed E-state index contributed by atoms with van der Waals surface area (Å²) in [7, 11) is 0. The molecule has 3 heteroatoms. The van der Waals surface area contributed by atoms with Gasteiger partial charge in [-0.15, -0.1) is 0 Å². The Kier molecular flexibility index (Phi) is 2.49. The number of piperidine rings is 1. The third-order valence-electron chi connectivity index (χ3n) is 4.75. The molecular formula is C16H18N2O. The molecule has 1 fully saturated rings. The summed E-state index contributed by atoms with van der Waals surface area (Å²) in [4.78, 5) is 17.5. The molecule has 3 heterocycles. The van der Waals surface area contributed by atoms with Crippen molar-refractivity contribution in [2.75, 3.05) is 13.1 Å². The molecule has 0 aliphatic carbocycles. The van der Waals surface area contributed by atoms with Crippen LogP contribution in [0.25, 0.3) is 10.9 Å². The number of benzene rings is 1. The highest BCUT2D eigenvalue weighted by atomic mass is 16.1. The number of nitrogens with zero attached hydrogens (tertiary/aromatic N) is 1. The summed E-state index contributed by atoms with van der Waals surface area (Å²) in [6.45, 7) is 2.22. The van der Waals surface area contributed by atoms with Crippen LogP contribution in [0.4, 0.5) is 0 Å². The minimum absolute atomic E-state index is 0.154. The van der Waals surface area contributed by atoms with Crippen LogP contribution in [0.3, 0.4) is 0 Å². The normalized spacial score (nSPS) is 26.9. The molecule has 19 heavy (non-hydrogen) atoms. The standard InChI is InChI=1S/C16H18N2O/c19-10-11-4-3-8-18-9-7-13-12-5-1-2-6-14(12)17-15(13)16(11)18/h1-2,5-6,10-11,16-17H,3-4,7-9H2. The molecule has 2 aliphatic rings. The Morgan fingerprint density at radius 1 is 1.26 bits per heavy atom. The van der Waals surface area contributed by atoms with E-state index in [4.69, 9.17) is 0 Å². The van der Waals surface area contributed by atoms with Gasteiger partial charge in [-0.3, -0.25) is 4.90 Å². The van der Waals surface area contributed by atoms with E-state index in [2.05, 4.69) is 34.1 Å². The number of para-hydroxylation sites is 1. The van der Waals surface area contributed by atoms with Crippen LogP contribution in [0.5, 0.6) is 0 Å².